The highest BCUT2D eigenvalue weighted by molar-refractivity contribution is 7.92. The van der Waals surface area contributed by atoms with Crippen LogP contribution in [0.2, 0.25) is 0 Å². The summed E-state index contributed by atoms with van der Waals surface area (Å²) in [6.07, 6.45) is 0. The number of methoxy groups -OCH3 is 1. The van der Waals surface area contributed by atoms with Gasteiger partial charge in [0.25, 0.3) is 15.9 Å². The summed E-state index contributed by atoms with van der Waals surface area (Å²) in [7, 11) is -2.40. The smallest absolute Gasteiger partial charge is 0.261 e. The van der Waals surface area contributed by atoms with E-state index in [2.05, 4.69) is 10.0 Å². The van der Waals surface area contributed by atoms with Crippen molar-refractivity contribution in [2.75, 3.05) is 23.8 Å². The van der Waals surface area contributed by atoms with Gasteiger partial charge in [-0.25, -0.2) is 8.42 Å². The summed E-state index contributed by atoms with van der Waals surface area (Å²) in [5, 5.41) is 2.73. The number of rotatable bonds is 8. The van der Waals surface area contributed by atoms with E-state index in [1.165, 1.54) is 25.3 Å². The van der Waals surface area contributed by atoms with Crippen LogP contribution < -0.4 is 19.5 Å². The Labute approximate surface area is 175 Å². The molecule has 0 saturated heterocycles. The number of benzene rings is 3. The summed E-state index contributed by atoms with van der Waals surface area (Å²) in [4.78, 5) is 12.5. The van der Waals surface area contributed by atoms with Gasteiger partial charge < -0.3 is 14.8 Å². The summed E-state index contributed by atoms with van der Waals surface area (Å²) in [6, 6.07) is 19.5. The second-order valence-corrected chi connectivity index (χ2v) is 7.93. The Hall–Kier alpha value is -3.52. The van der Waals surface area contributed by atoms with Crippen LogP contribution in [0.25, 0.3) is 0 Å². The number of nitrogens with one attached hydrogen (secondary N) is 2. The fraction of sp³-hybridized carbons (Fsp3) is 0.136. The number of hydrogen-bond acceptors (Lipinski definition) is 5. The first kappa shape index (κ1) is 21.2. The van der Waals surface area contributed by atoms with E-state index in [9.17, 15) is 13.2 Å². The van der Waals surface area contributed by atoms with E-state index in [0.29, 0.717) is 29.4 Å². The first-order valence-corrected chi connectivity index (χ1v) is 10.7. The molecule has 0 aliphatic rings. The van der Waals surface area contributed by atoms with E-state index in [1.807, 2.05) is 0 Å². The van der Waals surface area contributed by atoms with Crippen molar-refractivity contribution in [1.29, 1.82) is 0 Å². The molecule has 0 saturated carbocycles. The molecule has 156 valence electrons. The Morgan fingerprint density at radius 1 is 0.967 bits per heavy atom. The molecule has 0 aliphatic carbocycles. The fourth-order valence-corrected chi connectivity index (χ4v) is 3.82. The van der Waals surface area contributed by atoms with Crippen LogP contribution in [0, 0.1) is 0 Å². The fourth-order valence-electron chi connectivity index (χ4n) is 2.74. The molecule has 0 heterocycles. The lowest BCUT2D eigenvalue weighted by atomic mass is 10.2. The summed E-state index contributed by atoms with van der Waals surface area (Å²) >= 11 is 0. The van der Waals surface area contributed by atoms with Crippen molar-refractivity contribution in [3.8, 4) is 11.5 Å². The number of ether oxygens (including phenoxy) is 2. The van der Waals surface area contributed by atoms with E-state index in [-0.39, 0.29) is 16.5 Å². The van der Waals surface area contributed by atoms with Crippen molar-refractivity contribution >= 4 is 27.3 Å². The molecular formula is C22H22N2O5S. The van der Waals surface area contributed by atoms with Crippen molar-refractivity contribution in [2.45, 2.75) is 11.8 Å². The molecule has 0 radical (unpaired) electrons. The lowest BCUT2D eigenvalue weighted by molar-refractivity contribution is 0.102. The van der Waals surface area contributed by atoms with Gasteiger partial charge in [0.15, 0.2) is 0 Å². The zero-order valence-electron chi connectivity index (χ0n) is 16.6. The van der Waals surface area contributed by atoms with Crippen molar-refractivity contribution in [3.05, 3.63) is 78.4 Å². The van der Waals surface area contributed by atoms with Gasteiger partial charge in [-0.2, -0.15) is 0 Å². The Balaban J connectivity index is 1.91. The van der Waals surface area contributed by atoms with Gasteiger partial charge in [0.1, 0.15) is 11.5 Å². The van der Waals surface area contributed by atoms with Gasteiger partial charge in [-0.3, -0.25) is 9.52 Å². The van der Waals surface area contributed by atoms with E-state index >= 15 is 0 Å². The topological polar surface area (TPSA) is 93.7 Å². The molecule has 0 atom stereocenters. The average Bonchev–Trinajstić information content (AvgIpc) is 2.75. The molecule has 8 heteroatoms. The van der Waals surface area contributed by atoms with E-state index in [0.717, 1.165) is 0 Å². The molecule has 0 bridgehead atoms. The van der Waals surface area contributed by atoms with Gasteiger partial charge in [-0.1, -0.05) is 24.3 Å². The zero-order chi connectivity index (χ0) is 21.6. The average molecular weight is 426 g/mol. The highest BCUT2D eigenvalue weighted by Crippen LogP contribution is 2.30. The predicted molar refractivity (Wildman–Crippen MR) is 116 cm³/mol. The van der Waals surface area contributed by atoms with Crippen LogP contribution >= 0.6 is 0 Å². The van der Waals surface area contributed by atoms with Gasteiger partial charge in [0, 0.05) is 11.6 Å². The van der Waals surface area contributed by atoms with Crippen LogP contribution in [0.1, 0.15) is 17.3 Å². The van der Waals surface area contributed by atoms with Gasteiger partial charge >= 0.3 is 0 Å². The molecule has 2 N–H and O–H groups in total. The largest absolute Gasteiger partial charge is 0.497 e. The molecule has 3 aromatic rings. The molecule has 0 fully saturated rings. The van der Waals surface area contributed by atoms with Gasteiger partial charge in [0.05, 0.1) is 30.0 Å². The number of hydrogen-bond donors (Lipinski definition) is 2. The third-order valence-corrected chi connectivity index (χ3v) is 5.55. The Morgan fingerprint density at radius 2 is 1.73 bits per heavy atom. The van der Waals surface area contributed by atoms with Crippen LogP contribution in [-0.4, -0.2) is 28.0 Å². The molecular weight excluding hydrogens is 404 g/mol. The molecule has 3 rings (SSSR count). The maximum atomic E-state index is 12.9. The Morgan fingerprint density at radius 3 is 2.43 bits per heavy atom. The summed E-state index contributed by atoms with van der Waals surface area (Å²) in [5.74, 6) is 0.534. The number of amides is 1. The second kappa shape index (κ2) is 9.32. The molecule has 30 heavy (non-hydrogen) atoms. The van der Waals surface area contributed by atoms with Crippen LogP contribution in [0.3, 0.4) is 0 Å². The summed E-state index contributed by atoms with van der Waals surface area (Å²) in [6.45, 7) is 2.17. The van der Waals surface area contributed by atoms with E-state index in [1.54, 1.807) is 61.5 Å². The normalized spacial score (nSPS) is 10.9. The first-order valence-electron chi connectivity index (χ1n) is 9.23. The molecule has 3 aromatic carbocycles. The van der Waals surface area contributed by atoms with Crippen molar-refractivity contribution in [3.63, 3.8) is 0 Å². The van der Waals surface area contributed by atoms with Crippen molar-refractivity contribution in [1.82, 2.24) is 0 Å². The number of carbonyl (C=O) groups is 1. The first-order chi connectivity index (χ1) is 14.4. The van der Waals surface area contributed by atoms with Crippen LogP contribution in [0.4, 0.5) is 11.4 Å². The third kappa shape index (κ3) is 5.09. The number of sulfonamides is 1. The molecule has 1 amide bonds. The SMILES string of the molecule is CCOc1ccc(S(=O)(=O)Nc2cccc(OC)c2)cc1NC(=O)c1ccccc1. The Kier molecular flexibility index (Phi) is 6.58. The minimum atomic E-state index is -3.91. The highest BCUT2D eigenvalue weighted by Gasteiger charge is 2.19. The van der Waals surface area contributed by atoms with Crippen molar-refractivity contribution < 1.29 is 22.7 Å². The minimum Gasteiger partial charge on any atom is -0.497 e. The zero-order valence-corrected chi connectivity index (χ0v) is 17.4. The molecule has 0 aromatic heterocycles. The van der Waals surface area contributed by atoms with Crippen LogP contribution in [-0.2, 0) is 10.0 Å². The maximum Gasteiger partial charge on any atom is 0.261 e. The minimum absolute atomic E-state index is 0.0165. The predicted octanol–water partition coefficient (Wildman–Crippen LogP) is 4.15. The maximum absolute atomic E-state index is 12.9. The Bertz CT molecular complexity index is 1130. The monoisotopic (exact) mass is 426 g/mol. The second-order valence-electron chi connectivity index (χ2n) is 6.25. The lowest BCUT2D eigenvalue weighted by Gasteiger charge is -2.14. The quantitative estimate of drug-likeness (QED) is 0.564. The molecule has 7 nitrogen and oxygen atoms in total. The van der Waals surface area contributed by atoms with E-state index < -0.39 is 10.0 Å². The summed E-state index contributed by atoms with van der Waals surface area (Å²) < 4.78 is 38.9. The van der Waals surface area contributed by atoms with Crippen molar-refractivity contribution in [2.24, 2.45) is 0 Å². The van der Waals surface area contributed by atoms with Crippen LogP contribution in [0.5, 0.6) is 11.5 Å². The molecule has 0 spiro atoms. The molecule has 0 unspecified atom stereocenters. The molecule has 0 aliphatic heterocycles. The van der Waals surface area contributed by atoms with Gasteiger partial charge in [-0.15, -0.1) is 0 Å². The van der Waals surface area contributed by atoms with Crippen LogP contribution in [0.15, 0.2) is 77.7 Å². The van der Waals surface area contributed by atoms with Gasteiger partial charge in [0.2, 0.25) is 0 Å². The standard InChI is InChI=1S/C22H22N2O5S/c1-3-29-21-13-12-19(15-20(21)23-22(25)16-8-5-4-6-9-16)30(26,27)24-17-10-7-11-18(14-17)28-2/h4-15,24H,3H2,1-2H3,(H,23,25). The van der Waals surface area contributed by atoms with E-state index in [4.69, 9.17) is 9.47 Å². The number of carbonyl (C=O) groups excluding carboxylic acids is 1. The summed E-state index contributed by atoms with van der Waals surface area (Å²) in [5.41, 5.74) is 1.07. The third-order valence-electron chi connectivity index (χ3n) is 4.17. The number of anilines is 2. The van der Waals surface area contributed by atoms with Gasteiger partial charge in [-0.05, 0) is 49.4 Å². The lowest BCUT2D eigenvalue weighted by Crippen LogP contribution is -2.16. The highest BCUT2D eigenvalue weighted by atomic mass is 32.2.